The van der Waals surface area contributed by atoms with Gasteiger partial charge in [-0.05, 0) is 59.4 Å². The van der Waals surface area contributed by atoms with Crippen LogP contribution in [-0.4, -0.2) is 11.7 Å². The number of aryl methyl sites for hydroxylation is 1. The van der Waals surface area contributed by atoms with Crippen LogP contribution in [0.1, 0.15) is 24.0 Å². The summed E-state index contributed by atoms with van der Waals surface area (Å²) in [5.41, 5.74) is 9.67. The van der Waals surface area contributed by atoms with E-state index in [1.165, 1.54) is 44.4 Å². The van der Waals surface area contributed by atoms with Gasteiger partial charge in [0.25, 0.3) is 0 Å². The van der Waals surface area contributed by atoms with E-state index in [0.717, 1.165) is 18.6 Å². The molecule has 29 heavy (non-hydrogen) atoms. The summed E-state index contributed by atoms with van der Waals surface area (Å²) in [5.74, 6) is 0.894. The van der Waals surface area contributed by atoms with Crippen LogP contribution in [0.15, 0.2) is 78.9 Å². The van der Waals surface area contributed by atoms with Crippen molar-refractivity contribution in [3.63, 3.8) is 0 Å². The highest BCUT2D eigenvalue weighted by molar-refractivity contribution is 5.98. The van der Waals surface area contributed by atoms with Gasteiger partial charge in [-0.2, -0.15) is 0 Å². The van der Waals surface area contributed by atoms with E-state index in [9.17, 15) is 0 Å². The fraction of sp³-hybridized carbons (Fsp3) is 0.185. The van der Waals surface area contributed by atoms with E-state index in [1.807, 2.05) is 12.1 Å². The van der Waals surface area contributed by atoms with Crippen molar-refractivity contribution in [3.8, 4) is 28.1 Å². The van der Waals surface area contributed by atoms with Gasteiger partial charge in [-0.1, -0.05) is 54.6 Å². The summed E-state index contributed by atoms with van der Waals surface area (Å²) in [6.45, 7) is 0. The molecule has 0 radical (unpaired) electrons. The minimum absolute atomic E-state index is 0.0635. The van der Waals surface area contributed by atoms with Gasteiger partial charge in [0.1, 0.15) is 5.75 Å². The van der Waals surface area contributed by atoms with Gasteiger partial charge in [0.2, 0.25) is 0 Å². The molecule has 0 N–H and O–H groups in total. The molecule has 3 aromatic carbocycles. The Kier molecular flexibility index (Phi) is 3.37. The SMILES string of the molecule is COc1ccc(-c2ccc3c(c2)C2(CC=CC2)c2c-3n(C)c3ccccc23)cc1. The highest BCUT2D eigenvalue weighted by atomic mass is 16.5. The summed E-state index contributed by atoms with van der Waals surface area (Å²) in [6.07, 6.45) is 6.88. The van der Waals surface area contributed by atoms with Gasteiger partial charge in [0, 0.05) is 28.9 Å². The molecule has 2 aliphatic rings. The summed E-state index contributed by atoms with van der Waals surface area (Å²) in [4.78, 5) is 0. The molecule has 0 saturated carbocycles. The standard InChI is InChI=1S/C27H23NO/c1-28-24-8-4-3-7-22(24)25-26(28)21-14-11-19(18-9-12-20(29-2)13-10-18)17-23(21)27(25)15-5-6-16-27/h3-14,17H,15-16H2,1-2H3. The minimum Gasteiger partial charge on any atom is -0.497 e. The Bertz CT molecular complexity index is 1280. The first-order chi connectivity index (χ1) is 14.2. The average molecular weight is 377 g/mol. The van der Waals surface area contributed by atoms with E-state index >= 15 is 0 Å². The van der Waals surface area contributed by atoms with Crippen LogP contribution < -0.4 is 4.74 Å². The van der Waals surface area contributed by atoms with E-state index in [0.29, 0.717) is 0 Å². The average Bonchev–Trinajstić information content (AvgIpc) is 3.45. The summed E-state index contributed by atoms with van der Waals surface area (Å²) < 4.78 is 7.72. The number of methoxy groups -OCH3 is 1. The zero-order chi connectivity index (χ0) is 19.6. The molecule has 0 saturated heterocycles. The van der Waals surface area contributed by atoms with Crippen LogP contribution >= 0.6 is 0 Å². The van der Waals surface area contributed by atoms with E-state index < -0.39 is 0 Å². The second-order valence-electron chi connectivity index (χ2n) is 8.25. The predicted molar refractivity (Wildman–Crippen MR) is 119 cm³/mol. The zero-order valence-corrected chi connectivity index (χ0v) is 16.8. The Morgan fingerprint density at radius 3 is 2.34 bits per heavy atom. The van der Waals surface area contributed by atoms with Crippen LogP contribution in [0.2, 0.25) is 0 Å². The lowest BCUT2D eigenvalue weighted by atomic mass is 9.75. The van der Waals surface area contributed by atoms with Crippen LogP contribution in [0.4, 0.5) is 0 Å². The lowest BCUT2D eigenvalue weighted by Crippen LogP contribution is -2.21. The van der Waals surface area contributed by atoms with Gasteiger partial charge in [-0.25, -0.2) is 0 Å². The quantitative estimate of drug-likeness (QED) is 0.365. The fourth-order valence-electron chi connectivity index (χ4n) is 5.51. The number of ether oxygens (including phenoxy) is 1. The molecule has 6 rings (SSSR count). The van der Waals surface area contributed by atoms with E-state index in [2.05, 4.69) is 78.4 Å². The molecule has 0 unspecified atom stereocenters. The van der Waals surface area contributed by atoms with Crippen LogP contribution in [0.5, 0.6) is 5.75 Å². The van der Waals surface area contributed by atoms with E-state index in [1.54, 1.807) is 7.11 Å². The summed E-state index contributed by atoms with van der Waals surface area (Å²) in [6, 6.07) is 24.3. The smallest absolute Gasteiger partial charge is 0.118 e. The molecule has 1 aromatic heterocycles. The van der Waals surface area contributed by atoms with Crippen molar-refractivity contribution in [2.75, 3.05) is 7.11 Å². The van der Waals surface area contributed by atoms with Crippen LogP contribution in [-0.2, 0) is 12.5 Å². The highest BCUT2D eigenvalue weighted by Crippen LogP contribution is 2.58. The largest absolute Gasteiger partial charge is 0.497 e. The number of fused-ring (bicyclic) bond motifs is 7. The second kappa shape index (κ2) is 5.87. The number of nitrogens with zero attached hydrogens (tertiary/aromatic N) is 1. The van der Waals surface area contributed by atoms with Crippen LogP contribution in [0, 0.1) is 0 Å². The fourth-order valence-corrected chi connectivity index (χ4v) is 5.51. The lowest BCUT2D eigenvalue weighted by Gasteiger charge is -2.27. The Morgan fingerprint density at radius 2 is 1.59 bits per heavy atom. The lowest BCUT2D eigenvalue weighted by molar-refractivity contribution is 0.415. The van der Waals surface area contributed by atoms with Gasteiger partial charge in [-0.15, -0.1) is 0 Å². The minimum atomic E-state index is 0.0635. The van der Waals surface area contributed by atoms with Gasteiger partial charge < -0.3 is 9.30 Å². The molecule has 1 heterocycles. The van der Waals surface area contributed by atoms with E-state index in [4.69, 9.17) is 4.74 Å². The van der Waals surface area contributed by atoms with Gasteiger partial charge >= 0.3 is 0 Å². The third kappa shape index (κ3) is 2.12. The monoisotopic (exact) mass is 377 g/mol. The molecule has 0 atom stereocenters. The predicted octanol–water partition coefficient (Wildman–Crippen LogP) is 6.47. The Labute approximate surface area is 171 Å². The van der Waals surface area contributed by atoms with Crippen LogP contribution in [0.25, 0.3) is 33.3 Å². The topological polar surface area (TPSA) is 14.2 Å². The van der Waals surface area contributed by atoms with Crippen molar-refractivity contribution < 1.29 is 4.74 Å². The normalized spacial score (nSPS) is 15.8. The molecule has 2 heteroatoms. The zero-order valence-electron chi connectivity index (χ0n) is 16.8. The summed E-state index contributed by atoms with van der Waals surface area (Å²) in [5, 5.41) is 1.40. The third-order valence-corrected chi connectivity index (χ3v) is 6.90. The molecule has 2 nitrogen and oxygen atoms in total. The molecular weight excluding hydrogens is 354 g/mol. The summed E-state index contributed by atoms with van der Waals surface area (Å²) >= 11 is 0. The molecule has 0 amide bonds. The van der Waals surface area contributed by atoms with Gasteiger partial charge in [0.15, 0.2) is 0 Å². The van der Waals surface area contributed by atoms with Crippen molar-refractivity contribution in [1.82, 2.24) is 4.57 Å². The Balaban J connectivity index is 1.60. The molecule has 0 bridgehead atoms. The molecule has 2 aliphatic carbocycles. The second-order valence-corrected chi connectivity index (χ2v) is 8.25. The molecule has 1 spiro atoms. The van der Waals surface area contributed by atoms with Crippen molar-refractivity contribution >= 4 is 10.9 Å². The number of hydrogen-bond acceptors (Lipinski definition) is 1. The molecule has 0 fully saturated rings. The maximum absolute atomic E-state index is 5.33. The number of para-hydroxylation sites is 1. The number of rotatable bonds is 2. The van der Waals surface area contributed by atoms with Gasteiger partial charge in [0.05, 0.1) is 12.8 Å². The van der Waals surface area contributed by atoms with Crippen molar-refractivity contribution in [1.29, 1.82) is 0 Å². The Hall–Kier alpha value is -3.26. The van der Waals surface area contributed by atoms with Crippen molar-refractivity contribution in [2.24, 2.45) is 7.05 Å². The van der Waals surface area contributed by atoms with Crippen molar-refractivity contribution in [3.05, 3.63) is 90.0 Å². The number of benzene rings is 3. The summed E-state index contributed by atoms with van der Waals surface area (Å²) in [7, 11) is 3.92. The molecular formula is C27H23NO. The van der Waals surface area contributed by atoms with Gasteiger partial charge in [-0.3, -0.25) is 0 Å². The first kappa shape index (κ1) is 16.7. The Morgan fingerprint density at radius 1 is 0.862 bits per heavy atom. The number of allylic oxidation sites excluding steroid dienone is 2. The van der Waals surface area contributed by atoms with E-state index in [-0.39, 0.29) is 5.41 Å². The molecule has 142 valence electrons. The number of aromatic nitrogens is 1. The molecule has 0 aliphatic heterocycles. The maximum Gasteiger partial charge on any atom is 0.118 e. The third-order valence-electron chi connectivity index (χ3n) is 6.90. The van der Waals surface area contributed by atoms with Crippen LogP contribution in [0.3, 0.4) is 0 Å². The maximum atomic E-state index is 5.33. The first-order valence-electron chi connectivity index (χ1n) is 10.3. The molecule has 4 aromatic rings. The number of hydrogen-bond donors (Lipinski definition) is 0. The highest BCUT2D eigenvalue weighted by Gasteiger charge is 2.46. The first-order valence-corrected chi connectivity index (χ1v) is 10.3. The van der Waals surface area contributed by atoms with Crippen molar-refractivity contribution in [2.45, 2.75) is 18.3 Å².